The van der Waals surface area contributed by atoms with Crippen LogP contribution in [0.4, 0.5) is 4.39 Å². The Labute approximate surface area is 117 Å². The third-order valence-electron chi connectivity index (χ3n) is 3.01. The van der Waals surface area contributed by atoms with Crippen molar-refractivity contribution in [2.75, 3.05) is 6.54 Å². The van der Waals surface area contributed by atoms with E-state index in [1.807, 2.05) is 31.2 Å². The molecule has 1 aromatic carbocycles. The molecule has 0 bridgehead atoms. The molecule has 0 aliphatic rings. The molecule has 2 nitrogen and oxygen atoms in total. The second-order valence-corrected chi connectivity index (χ2v) is 4.71. The molecular formula is C15H16ClFN2. The summed E-state index contributed by atoms with van der Waals surface area (Å²) in [7, 11) is 0. The predicted octanol–water partition coefficient (Wildman–Crippen LogP) is 3.77. The fourth-order valence-corrected chi connectivity index (χ4v) is 2.30. The molecule has 1 heterocycles. The molecule has 0 amide bonds. The van der Waals surface area contributed by atoms with Crippen LogP contribution in [0.2, 0.25) is 5.02 Å². The van der Waals surface area contributed by atoms with Crippen LogP contribution in [-0.2, 0) is 6.42 Å². The smallest absolute Gasteiger partial charge is 0.146 e. The molecule has 1 aromatic heterocycles. The molecule has 0 saturated carbocycles. The number of hydrogen-bond acceptors (Lipinski definition) is 2. The quantitative estimate of drug-likeness (QED) is 0.901. The van der Waals surface area contributed by atoms with E-state index >= 15 is 0 Å². The van der Waals surface area contributed by atoms with Crippen LogP contribution in [-0.4, -0.2) is 11.5 Å². The van der Waals surface area contributed by atoms with Crippen LogP contribution >= 0.6 is 11.6 Å². The number of aromatic nitrogens is 1. The van der Waals surface area contributed by atoms with Crippen LogP contribution in [0.3, 0.4) is 0 Å². The Hall–Kier alpha value is -1.45. The molecule has 1 N–H and O–H groups in total. The van der Waals surface area contributed by atoms with Crippen LogP contribution in [0.5, 0.6) is 0 Å². The third-order valence-corrected chi connectivity index (χ3v) is 3.38. The number of halogens is 2. The first-order valence-corrected chi connectivity index (χ1v) is 6.66. The number of benzene rings is 1. The van der Waals surface area contributed by atoms with Crippen molar-refractivity contribution in [2.24, 2.45) is 0 Å². The Morgan fingerprint density at radius 3 is 2.79 bits per heavy atom. The van der Waals surface area contributed by atoms with E-state index in [1.54, 1.807) is 12.3 Å². The number of hydrogen-bond donors (Lipinski definition) is 1. The van der Waals surface area contributed by atoms with E-state index in [0.29, 0.717) is 17.0 Å². The summed E-state index contributed by atoms with van der Waals surface area (Å²) >= 11 is 6.16. The van der Waals surface area contributed by atoms with Gasteiger partial charge in [0.1, 0.15) is 5.82 Å². The van der Waals surface area contributed by atoms with Gasteiger partial charge < -0.3 is 5.32 Å². The predicted molar refractivity (Wildman–Crippen MR) is 75.8 cm³/mol. The second-order valence-electron chi connectivity index (χ2n) is 4.30. The number of nitrogens with zero attached hydrogens (tertiary/aromatic N) is 1. The Morgan fingerprint density at radius 1 is 1.32 bits per heavy atom. The van der Waals surface area contributed by atoms with Crippen molar-refractivity contribution >= 4 is 11.6 Å². The van der Waals surface area contributed by atoms with Crippen LogP contribution in [0.15, 0.2) is 42.7 Å². The van der Waals surface area contributed by atoms with Crippen molar-refractivity contribution in [2.45, 2.75) is 19.4 Å². The van der Waals surface area contributed by atoms with Gasteiger partial charge in [0.25, 0.3) is 0 Å². The van der Waals surface area contributed by atoms with Crippen LogP contribution in [0.25, 0.3) is 0 Å². The topological polar surface area (TPSA) is 24.9 Å². The molecule has 0 aliphatic heterocycles. The highest BCUT2D eigenvalue weighted by molar-refractivity contribution is 6.31. The zero-order chi connectivity index (χ0) is 13.7. The minimum atomic E-state index is -0.291. The lowest BCUT2D eigenvalue weighted by atomic mass is 9.99. The summed E-state index contributed by atoms with van der Waals surface area (Å²) < 4.78 is 13.8. The molecule has 0 saturated heterocycles. The monoisotopic (exact) mass is 278 g/mol. The van der Waals surface area contributed by atoms with Crippen LogP contribution in [0, 0.1) is 5.82 Å². The molecular weight excluding hydrogens is 263 g/mol. The molecule has 19 heavy (non-hydrogen) atoms. The van der Waals surface area contributed by atoms with Crippen molar-refractivity contribution in [3.8, 4) is 0 Å². The van der Waals surface area contributed by atoms with E-state index in [-0.39, 0.29) is 11.9 Å². The van der Waals surface area contributed by atoms with E-state index in [4.69, 9.17) is 11.6 Å². The van der Waals surface area contributed by atoms with Gasteiger partial charge in [-0.25, -0.2) is 4.39 Å². The maximum absolute atomic E-state index is 13.8. The van der Waals surface area contributed by atoms with Crippen molar-refractivity contribution in [1.82, 2.24) is 10.3 Å². The van der Waals surface area contributed by atoms with Gasteiger partial charge in [-0.2, -0.15) is 0 Å². The zero-order valence-electron chi connectivity index (χ0n) is 10.7. The first-order valence-electron chi connectivity index (χ1n) is 6.28. The average molecular weight is 279 g/mol. The third kappa shape index (κ3) is 3.52. The maximum atomic E-state index is 13.8. The van der Waals surface area contributed by atoms with Gasteiger partial charge in [-0.15, -0.1) is 0 Å². The van der Waals surface area contributed by atoms with Crippen molar-refractivity contribution < 1.29 is 4.39 Å². The zero-order valence-corrected chi connectivity index (χ0v) is 11.5. The molecule has 2 aromatic rings. The summed E-state index contributed by atoms with van der Waals surface area (Å²) in [5, 5.41) is 4.00. The summed E-state index contributed by atoms with van der Waals surface area (Å²) in [6, 6.07) is 9.25. The van der Waals surface area contributed by atoms with Gasteiger partial charge in [-0.1, -0.05) is 36.7 Å². The van der Waals surface area contributed by atoms with Gasteiger partial charge in [0.15, 0.2) is 0 Å². The normalized spacial score (nSPS) is 12.4. The van der Waals surface area contributed by atoms with Crippen molar-refractivity contribution in [3.63, 3.8) is 0 Å². The van der Waals surface area contributed by atoms with Gasteiger partial charge in [0.05, 0.1) is 6.20 Å². The van der Waals surface area contributed by atoms with Crippen molar-refractivity contribution in [1.29, 1.82) is 0 Å². The van der Waals surface area contributed by atoms with Crippen LogP contribution < -0.4 is 5.32 Å². The highest BCUT2D eigenvalue weighted by atomic mass is 35.5. The van der Waals surface area contributed by atoms with E-state index in [2.05, 4.69) is 10.3 Å². The summed E-state index contributed by atoms with van der Waals surface area (Å²) in [5.41, 5.74) is 1.63. The molecule has 0 aliphatic carbocycles. The Bertz CT molecular complexity index is 545. The number of nitrogens with one attached hydrogen (secondary N) is 1. The lowest BCUT2D eigenvalue weighted by molar-refractivity contribution is 0.507. The van der Waals surface area contributed by atoms with Crippen LogP contribution in [0.1, 0.15) is 24.1 Å². The molecule has 1 unspecified atom stereocenters. The number of likely N-dealkylation sites (N-methyl/N-ethyl adjacent to an activating group) is 1. The first-order chi connectivity index (χ1) is 9.22. The SMILES string of the molecule is CCNC(Cc1ccccc1Cl)c1ccncc1F. The van der Waals surface area contributed by atoms with E-state index in [0.717, 1.165) is 12.1 Å². The lowest BCUT2D eigenvalue weighted by Gasteiger charge is -2.19. The average Bonchev–Trinajstić information content (AvgIpc) is 2.41. The fraction of sp³-hybridized carbons (Fsp3) is 0.267. The number of rotatable bonds is 5. The molecule has 0 spiro atoms. The maximum Gasteiger partial charge on any atom is 0.146 e. The van der Waals surface area contributed by atoms with Gasteiger partial charge in [0, 0.05) is 22.8 Å². The highest BCUT2D eigenvalue weighted by Gasteiger charge is 2.16. The fourth-order valence-electron chi connectivity index (χ4n) is 2.09. The standard InChI is InChI=1S/C15H16ClFN2/c1-2-19-15(12-7-8-18-10-14(12)17)9-11-5-3-4-6-13(11)16/h3-8,10,15,19H,2,9H2,1H3. The Kier molecular flexibility index (Phi) is 4.88. The molecule has 0 radical (unpaired) electrons. The first kappa shape index (κ1) is 14.0. The van der Waals surface area contributed by atoms with Gasteiger partial charge >= 0.3 is 0 Å². The molecule has 2 rings (SSSR count). The minimum Gasteiger partial charge on any atom is -0.310 e. The summed E-state index contributed by atoms with van der Waals surface area (Å²) in [6.45, 7) is 2.76. The highest BCUT2D eigenvalue weighted by Crippen LogP contribution is 2.24. The van der Waals surface area contributed by atoms with E-state index < -0.39 is 0 Å². The molecule has 1 atom stereocenters. The summed E-state index contributed by atoms with van der Waals surface area (Å²) in [5.74, 6) is -0.291. The summed E-state index contributed by atoms with van der Waals surface area (Å²) in [6.07, 6.45) is 3.50. The second kappa shape index (κ2) is 6.64. The van der Waals surface area contributed by atoms with E-state index in [1.165, 1.54) is 6.20 Å². The van der Waals surface area contributed by atoms with Gasteiger partial charge in [-0.05, 0) is 30.7 Å². The van der Waals surface area contributed by atoms with Gasteiger partial charge in [0.2, 0.25) is 0 Å². The Morgan fingerprint density at radius 2 is 2.11 bits per heavy atom. The molecule has 4 heteroatoms. The lowest BCUT2D eigenvalue weighted by Crippen LogP contribution is -2.24. The van der Waals surface area contributed by atoms with Gasteiger partial charge in [-0.3, -0.25) is 4.98 Å². The van der Waals surface area contributed by atoms with Crippen molar-refractivity contribution in [3.05, 3.63) is 64.7 Å². The molecule has 100 valence electrons. The minimum absolute atomic E-state index is 0.104. The Balaban J connectivity index is 2.27. The molecule has 0 fully saturated rings. The summed E-state index contributed by atoms with van der Waals surface area (Å²) in [4.78, 5) is 3.78. The van der Waals surface area contributed by atoms with E-state index in [9.17, 15) is 4.39 Å². The largest absolute Gasteiger partial charge is 0.310 e. The number of pyridine rings is 1.